The van der Waals surface area contributed by atoms with Gasteiger partial charge in [0.15, 0.2) is 5.69 Å². The Morgan fingerprint density at radius 1 is 1.11 bits per heavy atom. The van der Waals surface area contributed by atoms with Crippen molar-refractivity contribution in [2.75, 3.05) is 0 Å². The van der Waals surface area contributed by atoms with Crippen LogP contribution in [-0.4, -0.2) is 30.4 Å². The Morgan fingerprint density at radius 3 is 2.78 bits per heavy atom. The molecular weight excluding hydrogens is 360 g/mol. The van der Waals surface area contributed by atoms with Crippen LogP contribution < -0.4 is 0 Å². The molecule has 0 atom stereocenters. The predicted molar refractivity (Wildman–Crippen MR) is 106 cm³/mol. The molecule has 0 radical (unpaired) electrons. The zero-order valence-corrected chi connectivity index (χ0v) is 15.1. The van der Waals surface area contributed by atoms with E-state index in [-0.39, 0.29) is 5.69 Å². The van der Waals surface area contributed by atoms with Crippen LogP contribution in [0, 0.1) is 0 Å². The summed E-state index contributed by atoms with van der Waals surface area (Å²) in [5, 5.41) is 18.2. The van der Waals surface area contributed by atoms with Gasteiger partial charge in [-0.15, -0.1) is 11.3 Å². The van der Waals surface area contributed by atoms with Crippen molar-refractivity contribution in [2.45, 2.75) is 0 Å². The van der Waals surface area contributed by atoms with E-state index >= 15 is 0 Å². The molecule has 0 bridgehead atoms. The molecule has 0 aliphatic carbocycles. The summed E-state index contributed by atoms with van der Waals surface area (Å²) in [6, 6.07) is 16.3. The topological polar surface area (TPSA) is 72.9 Å². The Hall–Kier alpha value is -3.45. The molecule has 0 spiro atoms. The van der Waals surface area contributed by atoms with Crippen LogP contribution in [0.15, 0.2) is 60.1 Å². The highest BCUT2D eigenvalue weighted by atomic mass is 32.1. The number of nitrogens with zero attached hydrogens (tertiary/aromatic N) is 4. The first-order valence-corrected chi connectivity index (χ1v) is 9.22. The molecule has 0 amide bonds. The van der Waals surface area contributed by atoms with Gasteiger partial charge in [0.25, 0.3) is 0 Å². The normalized spacial score (nSPS) is 11.4. The summed E-state index contributed by atoms with van der Waals surface area (Å²) in [7, 11) is 2.02. The van der Waals surface area contributed by atoms with Gasteiger partial charge in [-0.3, -0.25) is 0 Å². The number of aromatic nitrogens is 4. The number of carbonyl (C=O) groups is 1. The van der Waals surface area contributed by atoms with Gasteiger partial charge >= 0.3 is 5.97 Å². The van der Waals surface area contributed by atoms with Crippen LogP contribution in [-0.2, 0) is 7.05 Å². The SMILES string of the molecule is Cn1ccc2cc(-c3nn(-c4nc(C(=O)O)cs4)c4ccccc34)ccc21. The summed E-state index contributed by atoms with van der Waals surface area (Å²) < 4.78 is 3.80. The molecule has 5 rings (SSSR count). The van der Waals surface area contributed by atoms with Gasteiger partial charge in [0.05, 0.1) is 5.52 Å². The Morgan fingerprint density at radius 2 is 1.96 bits per heavy atom. The fraction of sp³-hybridized carbons (Fsp3) is 0.0500. The van der Waals surface area contributed by atoms with Crippen molar-refractivity contribution in [3.8, 4) is 16.4 Å². The fourth-order valence-electron chi connectivity index (χ4n) is 3.31. The molecule has 1 N–H and O–H groups in total. The molecule has 0 unspecified atom stereocenters. The minimum absolute atomic E-state index is 0.0295. The first-order valence-electron chi connectivity index (χ1n) is 8.34. The van der Waals surface area contributed by atoms with E-state index in [0.717, 1.165) is 33.1 Å². The lowest BCUT2D eigenvalue weighted by molar-refractivity contribution is 0.0691. The van der Waals surface area contributed by atoms with Crippen LogP contribution in [0.1, 0.15) is 10.5 Å². The summed E-state index contributed by atoms with van der Waals surface area (Å²) in [6.45, 7) is 0. The van der Waals surface area contributed by atoms with Crippen LogP contribution >= 0.6 is 11.3 Å². The van der Waals surface area contributed by atoms with E-state index in [0.29, 0.717) is 5.13 Å². The summed E-state index contributed by atoms with van der Waals surface area (Å²) >= 11 is 1.27. The number of para-hydroxylation sites is 1. The molecule has 27 heavy (non-hydrogen) atoms. The standard InChI is InChI=1S/C20H14N4O2S/c1-23-9-8-12-10-13(6-7-16(12)23)18-14-4-2-3-5-17(14)24(22-18)20-21-15(11-27-20)19(25)26/h2-11H,1H3,(H,25,26). The fourth-order valence-corrected chi connectivity index (χ4v) is 4.07. The molecule has 0 saturated heterocycles. The maximum absolute atomic E-state index is 11.2. The Labute approximate surface area is 157 Å². The molecule has 0 aliphatic heterocycles. The van der Waals surface area contributed by atoms with Crippen molar-refractivity contribution < 1.29 is 9.90 Å². The number of aryl methyl sites for hydroxylation is 1. The summed E-state index contributed by atoms with van der Waals surface area (Å²) in [5.74, 6) is -1.04. The van der Waals surface area contributed by atoms with Crippen molar-refractivity contribution >= 4 is 39.1 Å². The van der Waals surface area contributed by atoms with Crippen LogP contribution in [0.25, 0.3) is 38.2 Å². The molecule has 0 fully saturated rings. The monoisotopic (exact) mass is 374 g/mol. The second-order valence-corrected chi connectivity index (χ2v) is 7.13. The summed E-state index contributed by atoms with van der Waals surface area (Å²) in [4.78, 5) is 15.4. The third-order valence-electron chi connectivity index (χ3n) is 4.64. The Balaban J connectivity index is 1.73. The lowest BCUT2D eigenvalue weighted by atomic mass is 10.1. The molecule has 5 aromatic rings. The third-order valence-corrected chi connectivity index (χ3v) is 5.45. The van der Waals surface area contributed by atoms with Gasteiger partial charge in [0, 0.05) is 40.5 Å². The highest BCUT2D eigenvalue weighted by Crippen LogP contribution is 2.32. The average molecular weight is 374 g/mol. The lowest BCUT2D eigenvalue weighted by Gasteiger charge is -2.00. The van der Waals surface area contributed by atoms with Crippen LogP contribution in [0.3, 0.4) is 0 Å². The molecule has 3 heterocycles. The van der Waals surface area contributed by atoms with Crippen molar-refractivity contribution in [1.29, 1.82) is 0 Å². The van der Waals surface area contributed by atoms with Crippen molar-refractivity contribution in [2.24, 2.45) is 7.05 Å². The van der Waals surface area contributed by atoms with Gasteiger partial charge < -0.3 is 9.67 Å². The first kappa shape index (κ1) is 15.8. The predicted octanol–water partition coefficient (Wildman–Crippen LogP) is 4.34. The Bertz CT molecular complexity index is 1330. The second kappa shape index (κ2) is 5.78. The van der Waals surface area contributed by atoms with Crippen LogP contribution in [0.2, 0.25) is 0 Å². The van der Waals surface area contributed by atoms with Gasteiger partial charge in [-0.1, -0.05) is 24.3 Å². The van der Waals surface area contributed by atoms with Gasteiger partial charge in [-0.05, 0) is 24.3 Å². The molecule has 132 valence electrons. The molecular formula is C20H14N4O2S. The van der Waals surface area contributed by atoms with E-state index in [1.54, 1.807) is 4.68 Å². The van der Waals surface area contributed by atoms with Crippen LogP contribution in [0.4, 0.5) is 0 Å². The van der Waals surface area contributed by atoms with E-state index in [2.05, 4.69) is 33.8 Å². The molecule has 3 aromatic heterocycles. The molecule has 7 heteroatoms. The number of hydrogen-bond acceptors (Lipinski definition) is 4. The van der Waals surface area contributed by atoms with Crippen molar-refractivity contribution in [3.05, 3.63) is 65.8 Å². The van der Waals surface area contributed by atoms with Gasteiger partial charge in [0.2, 0.25) is 5.13 Å². The first-order chi connectivity index (χ1) is 13.1. The highest BCUT2D eigenvalue weighted by Gasteiger charge is 2.17. The molecule has 6 nitrogen and oxygen atoms in total. The number of rotatable bonds is 3. The van der Waals surface area contributed by atoms with E-state index in [4.69, 9.17) is 10.2 Å². The summed E-state index contributed by atoms with van der Waals surface area (Å²) in [6.07, 6.45) is 2.04. The largest absolute Gasteiger partial charge is 0.476 e. The maximum Gasteiger partial charge on any atom is 0.355 e. The average Bonchev–Trinajstić information content (AvgIpc) is 3.38. The van der Waals surface area contributed by atoms with Gasteiger partial charge in [0.1, 0.15) is 5.69 Å². The minimum Gasteiger partial charge on any atom is -0.476 e. The number of fused-ring (bicyclic) bond motifs is 2. The van der Waals surface area contributed by atoms with Gasteiger partial charge in [-0.2, -0.15) is 5.10 Å². The van der Waals surface area contributed by atoms with E-state index in [1.807, 2.05) is 37.5 Å². The number of carboxylic acid groups (broad SMARTS) is 1. The van der Waals surface area contributed by atoms with Crippen molar-refractivity contribution in [1.82, 2.24) is 19.3 Å². The third kappa shape index (κ3) is 2.43. The van der Waals surface area contributed by atoms with E-state index in [9.17, 15) is 4.79 Å². The quantitative estimate of drug-likeness (QED) is 0.510. The molecule has 2 aromatic carbocycles. The minimum atomic E-state index is -1.04. The lowest BCUT2D eigenvalue weighted by Crippen LogP contribution is -2.00. The van der Waals surface area contributed by atoms with Crippen LogP contribution in [0.5, 0.6) is 0 Å². The summed E-state index contributed by atoms with van der Waals surface area (Å²) in [5.41, 5.74) is 3.95. The van der Waals surface area contributed by atoms with Crippen molar-refractivity contribution in [3.63, 3.8) is 0 Å². The maximum atomic E-state index is 11.2. The van der Waals surface area contributed by atoms with Gasteiger partial charge in [-0.25, -0.2) is 14.5 Å². The smallest absolute Gasteiger partial charge is 0.355 e. The van der Waals surface area contributed by atoms with E-state index < -0.39 is 5.97 Å². The second-order valence-electron chi connectivity index (χ2n) is 6.30. The zero-order valence-electron chi connectivity index (χ0n) is 14.3. The zero-order chi connectivity index (χ0) is 18.5. The number of carboxylic acids is 1. The Kier molecular flexibility index (Phi) is 3.38. The number of thiazole rings is 1. The highest BCUT2D eigenvalue weighted by molar-refractivity contribution is 7.12. The molecule has 0 aliphatic rings. The number of hydrogen-bond donors (Lipinski definition) is 1. The molecule has 0 saturated carbocycles. The number of aromatic carboxylic acids is 1. The van der Waals surface area contributed by atoms with E-state index in [1.165, 1.54) is 16.7 Å². The number of benzene rings is 2.